The van der Waals surface area contributed by atoms with Gasteiger partial charge in [0.15, 0.2) is 22.9 Å². The number of nitrogens with zero attached hydrogens (tertiary/aromatic N) is 2. The van der Waals surface area contributed by atoms with E-state index in [1.165, 1.54) is 13.2 Å². The molecular formula is C19H16N2O6. The van der Waals surface area contributed by atoms with Gasteiger partial charge in [-0.15, -0.1) is 0 Å². The largest absolute Gasteiger partial charge is 0.478 e. The molecule has 0 atom stereocenters. The van der Waals surface area contributed by atoms with Crippen molar-refractivity contribution in [2.75, 3.05) is 7.11 Å². The molecule has 0 aliphatic rings. The van der Waals surface area contributed by atoms with Gasteiger partial charge in [0.25, 0.3) is 0 Å². The lowest BCUT2D eigenvalue weighted by atomic mass is 10.2. The Morgan fingerprint density at radius 1 is 0.889 bits per heavy atom. The number of hydrogen-bond donors (Lipinski definition) is 1. The highest BCUT2D eigenvalue weighted by Crippen LogP contribution is 2.20. The van der Waals surface area contributed by atoms with Gasteiger partial charge in [0, 0.05) is 13.8 Å². The van der Waals surface area contributed by atoms with Crippen LogP contribution in [-0.4, -0.2) is 34.1 Å². The highest BCUT2D eigenvalue weighted by molar-refractivity contribution is 6.01. The number of aryl methyl sites for hydroxylation is 2. The maximum absolute atomic E-state index is 11.3. The number of para-hydroxylation sites is 2. The second kappa shape index (κ2) is 7.28. The molecule has 0 fully saturated rings. The van der Waals surface area contributed by atoms with Gasteiger partial charge < -0.3 is 18.7 Å². The van der Waals surface area contributed by atoms with Gasteiger partial charge in [-0.25, -0.2) is 19.6 Å². The average molecular weight is 368 g/mol. The Morgan fingerprint density at radius 3 is 1.85 bits per heavy atom. The van der Waals surface area contributed by atoms with Crippen LogP contribution in [0.2, 0.25) is 0 Å². The molecule has 0 bridgehead atoms. The smallest absolute Gasteiger partial charge is 0.340 e. The van der Waals surface area contributed by atoms with Gasteiger partial charge in [0.2, 0.25) is 0 Å². The van der Waals surface area contributed by atoms with Crippen molar-refractivity contribution in [1.29, 1.82) is 0 Å². The van der Waals surface area contributed by atoms with Crippen molar-refractivity contribution in [3.05, 3.63) is 59.3 Å². The summed E-state index contributed by atoms with van der Waals surface area (Å²) in [5.41, 5.74) is 2.68. The molecule has 1 N–H and O–H groups in total. The summed E-state index contributed by atoms with van der Waals surface area (Å²) in [6, 6.07) is 10.0. The number of methoxy groups -OCH3 is 1. The number of carboxylic acids is 1. The first-order chi connectivity index (χ1) is 12.9. The number of hydrogen-bond acceptors (Lipinski definition) is 7. The van der Waals surface area contributed by atoms with E-state index in [1.54, 1.807) is 44.2 Å². The summed E-state index contributed by atoms with van der Waals surface area (Å²) in [5.74, 6) is -0.372. The summed E-state index contributed by atoms with van der Waals surface area (Å²) in [5, 5.41) is 8.81. The number of carboxylic acid groups (broad SMARTS) is 1. The molecule has 0 aliphatic carbocycles. The Bertz CT molecular complexity index is 1140. The van der Waals surface area contributed by atoms with Crippen LogP contribution in [0.5, 0.6) is 0 Å². The minimum atomic E-state index is -0.987. The quantitative estimate of drug-likeness (QED) is 0.532. The molecule has 138 valence electrons. The number of ether oxygens (including phenoxy) is 1. The lowest BCUT2D eigenvalue weighted by Gasteiger charge is -1.97. The van der Waals surface area contributed by atoms with E-state index in [9.17, 15) is 9.59 Å². The van der Waals surface area contributed by atoms with E-state index in [2.05, 4.69) is 14.7 Å². The highest BCUT2D eigenvalue weighted by atomic mass is 16.5. The van der Waals surface area contributed by atoms with Crippen LogP contribution in [0.1, 0.15) is 32.5 Å². The molecule has 0 amide bonds. The number of rotatable bonds is 2. The molecule has 0 saturated heterocycles. The summed E-state index contributed by atoms with van der Waals surface area (Å²) in [7, 11) is 1.34. The number of benzene rings is 2. The minimum absolute atomic E-state index is 0.175. The van der Waals surface area contributed by atoms with Gasteiger partial charge in [0.05, 0.1) is 18.2 Å². The third-order valence-electron chi connectivity index (χ3n) is 3.69. The molecule has 8 heteroatoms. The summed E-state index contributed by atoms with van der Waals surface area (Å²) < 4.78 is 15.1. The Hall–Kier alpha value is -3.68. The average Bonchev–Trinajstić information content (AvgIpc) is 3.21. The number of oxazole rings is 2. The number of carbonyl (C=O) groups excluding carboxylic acids is 1. The Morgan fingerprint density at radius 2 is 1.37 bits per heavy atom. The SMILES string of the molecule is COC(=O)c1cccc2oc(C)nc12.Cc1nc2c(C(=O)O)cccc2o1. The Balaban J connectivity index is 0.000000156. The molecule has 0 unspecified atom stereocenters. The maximum Gasteiger partial charge on any atom is 0.340 e. The fraction of sp³-hybridized carbons (Fsp3) is 0.158. The van der Waals surface area contributed by atoms with Crippen molar-refractivity contribution in [3.63, 3.8) is 0 Å². The van der Waals surface area contributed by atoms with Crippen LogP contribution in [0.25, 0.3) is 22.2 Å². The number of aromatic nitrogens is 2. The van der Waals surface area contributed by atoms with Crippen LogP contribution in [0, 0.1) is 13.8 Å². The molecule has 2 heterocycles. The lowest BCUT2D eigenvalue weighted by Crippen LogP contribution is -2.01. The lowest BCUT2D eigenvalue weighted by molar-refractivity contribution is 0.0601. The van der Waals surface area contributed by atoms with Crippen molar-refractivity contribution in [1.82, 2.24) is 9.97 Å². The second-order valence-corrected chi connectivity index (χ2v) is 5.57. The summed E-state index contributed by atoms with van der Waals surface area (Å²) >= 11 is 0. The Labute approximate surface area is 153 Å². The van der Waals surface area contributed by atoms with E-state index in [-0.39, 0.29) is 5.56 Å². The van der Waals surface area contributed by atoms with Crippen molar-refractivity contribution < 1.29 is 28.3 Å². The highest BCUT2D eigenvalue weighted by Gasteiger charge is 2.14. The van der Waals surface area contributed by atoms with Crippen LogP contribution < -0.4 is 0 Å². The second-order valence-electron chi connectivity index (χ2n) is 5.57. The van der Waals surface area contributed by atoms with E-state index in [0.717, 1.165) is 0 Å². The third-order valence-corrected chi connectivity index (χ3v) is 3.69. The van der Waals surface area contributed by atoms with Gasteiger partial charge in [0.1, 0.15) is 11.0 Å². The van der Waals surface area contributed by atoms with Crippen molar-refractivity contribution in [2.24, 2.45) is 0 Å². The van der Waals surface area contributed by atoms with Crippen LogP contribution in [0.15, 0.2) is 45.2 Å². The number of carbonyl (C=O) groups is 2. The van der Waals surface area contributed by atoms with Gasteiger partial charge in [-0.3, -0.25) is 0 Å². The maximum atomic E-state index is 11.3. The van der Waals surface area contributed by atoms with E-state index >= 15 is 0 Å². The molecule has 0 spiro atoms. The van der Waals surface area contributed by atoms with Gasteiger partial charge in [-0.1, -0.05) is 12.1 Å². The molecule has 2 aromatic carbocycles. The molecule has 2 aromatic heterocycles. The first-order valence-electron chi connectivity index (χ1n) is 7.94. The monoisotopic (exact) mass is 368 g/mol. The third kappa shape index (κ3) is 3.64. The van der Waals surface area contributed by atoms with Crippen LogP contribution >= 0.6 is 0 Å². The predicted octanol–water partition coefficient (Wildman–Crippen LogP) is 3.76. The van der Waals surface area contributed by atoms with Crippen LogP contribution in [0.3, 0.4) is 0 Å². The topological polar surface area (TPSA) is 116 Å². The molecule has 4 rings (SSSR count). The Kier molecular flexibility index (Phi) is 4.89. The van der Waals surface area contributed by atoms with E-state index in [0.29, 0.717) is 39.5 Å². The van der Waals surface area contributed by atoms with Crippen molar-refractivity contribution >= 4 is 34.1 Å². The standard InChI is InChI=1S/C10H9NO3.C9H7NO3/c1-6-11-9-7(10(12)13-2)4-3-5-8(9)14-6;1-5-10-8-6(9(11)12)3-2-4-7(8)13-5/h3-5H,1-2H3;2-4H,1H3,(H,11,12). The van der Waals surface area contributed by atoms with E-state index in [4.69, 9.17) is 13.9 Å². The van der Waals surface area contributed by atoms with E-state index < -0.39 is 11.9 Å². The molecule has 0 saturated carbocycles. The first-order valence-corrected chi connectivity index (χ1v) is 7.94. The normalized spacial score (nSPS) is 10.5. The van der Waals surface area contributed by atoms with Gasteiger partial charge in [-0.2, -0.15) is 0 Å². The molecular weight excluding hydrogens is 352 g/mol. The van der Waals surface area contributed by atoms with Gasteiger partial charge >= 0.3 is 11.9 Å². The zero-order valence-electron chi connectivity index (χ0n) is 14.8. The van der Waals surface area contributed by atoms with Crippen LogP contribution in [-0.2, 0) is 4.74 Å². The molecule has 4 aromatic rings. The minimum Gasteiger partial charge on any atom is -0.478 e. The first kappa shape index (κ1) is 18.1. The van der Waals surface area contributed by atoms with Gasteiger partial charge in [-0.05, 0) is 24.3 Å². The summed E-state index contributed by atoms with van der Waals surface area (Å²) in [4.78, 5) is 30.2. The molecule has 0 aliphatic heterocycles. The van der Waals surface area contributed by atoms with E-state index in [1.807, 2.05) is 0 Å². The molecule has 27 heavy (non-hydrogen) atoms. The van der Waals surface area contributed by atoms with Crippen molar-refractivity contribution in [3.8, 4) is 0 Å². The number of esters is 1. The molecule has 8 nitrogen and oxygen atoms in total. The fourth-order valence-corrected chi connectivity index (χ4v) is 2.57. The van der Waals surface area contributed by atoms with Crippen molar-refractivity contribution in [2.45, 2.75) is 13.8 Å². The summed E-state index contributed by atoms with van der Waals surface area (Å²) in [6.45, 7) is 3.42. The number of aromatic carboxylic acids is 1. The zero-order valence-corrected chi connectivity index (χ0v) is 14.8. The predicted molar refractivity (Wildman–Crippen MR) is 95.8 cm³/mol. The number of fused-ring (bicyclic) bond motifs is 2. The zero-order chi connectivity index (χ0) is 19.6. The fourth-order valence-electron chi connectivity index (χ4n) is 2.57. The van der Waals surface area contributed by atoms with Crippen LogP contribution in [0.4, 0.5) is 0 Å². The summed E-state index contributed by atoms with van der Waals surface area (Å²) in [6.07, 6.45) is 0. The molecule has 0 radical (unpaired) electrons.